The molecule has 4 heterocycles. The van der Waals surface area contributed by atoms with Gasteiger partial charge < -0.3 is 45.7 Å². The van der Waals surface area contributed by atoms with E-state index in [0.717, 1.165) is 135 Å². The second kappa shape index (κ2) is 18.9. The maximum Gasteiger partial charge on any atom is 0.407 e. The Bertz CT molecular complexity index is 1980. The summed E-state index contributed by atoms with van der Waals surface area (Å²) in [5.74, 6) is 3.63. The van der Waals surface area contributed by atoms with Gasteiger partial charge in [0, 0.05) is 25.9 Å². The molecule has 5 atom stereocenters. The molecule has 2 saturated carbocycles. The molecule has 0 radical (unpaired) electrons. The van der Waals surface area contributed by atoms with Crippen LogP contribution in [0.15, 0.2) is 46.4 Å². The second-order valence-electron chi connectivity index (χ2n) is 17.2. The maximum atomic E-state index is 14.0. The fourth-order valence-electron chi connectivity index (χ4n) is 10.1. The Morgan fingerprint density at radius 3 is 2.18 bits per heavy atom. The van der Waals surface area contributed by atoms with E-state index in [4.69, 9.17) is 24.2 Å². The number of amides is 4. The Kier molecular flexibility index (Phi) is 13.1. The lowest BCUT2D eigenvalue weighted by atomic mass is 9.94. The van der Waals surface area contributed by atoms with Crippen molar-refractivity contribution in [2.45, 2.75) is 120 Å². The van der Waals surface area contributed by atoms with Gasteiger partial charge in [0.1, 0.15) is 29.4 Å². The van der Waals surface area contributed by atoms with E-state index >= 15 is 0 Å². The summed E-state index contributed by atoms with van der Waals surface area (Å²) >= 11 is 0. The monoisotopic (exact) mass is 824 g/mol. The number of nitrogens with one attached hydrogen (secondary N) is 5. The fourth-order valence-corrected chi connectivity index (χ4v) is 10.1. The molecule has 2 aromatic rings. The molecule has 0 bridgehead atoms. The number of hydrogen-bond donors (Lipinski definition) is 5. The molecular weight excluding hydrogens is 765 g/mol. The zero-order valence-electron chi connectivity index (χ0n) is 34.9. The topological polar surface area (TPSA) is 184 Å². The number of fused-ring (bicyclic) bond motifs is 2. The molecule has 8 rings (SSSR count). The van der Waals surface area contributed by atoms with Crippen LogP contribution in [0.2, 0.25) is 0 Å². The number of aliphatic imine (C=N–C) groups is 2. The van der Waals surface area contributed by atoms with E-state index in [1.54, 1.807) is 0 Å². The molecule has 0 spiro atoms. The molecule has 15 heteroatoms. The number of alkyl carbamates (subject to hydrolysis) is 2. The molecule has 2 aromatic carbocycles. The van der Waals surface area contributed by atoms with Gasteiger partial charge >= 0.3 is 12.2 Å². The lowest BCUT2D eigenvalue weighted by molar-refractivity contribution is -0.134. The normalized spacial score (nSPS) is 23.2. The van der Waals surface area contributed by atoms with E-state index in [-0.39, 0.29) is 41.8 Å². The van der Waals surface area contributed by atoms with Crippen molar-refractivity contribution in [3.05, 3.63) is 58.7 Å². The van der Waals surface area contributed by atoms with E-state index in [1.165, 1.54) is 14.2 Å². The fraction of sp³-hybridized carbons (Fsp3) is 0.600. The molecular formula is C45H60N8O7. The Morgan fingerprint density at radius 1 is 0.767 bits per heavy atom. The Balaban J connectivity index is 0.804. The number of hydrogen-bond acceptors (Lipinski definition) is 11. The van der Waals surface area contributed by atoms with Gasteiger partial charge in [-0.05, 0) is 104 Å². The van der Waals surface area contributed by atoms with Crippen molar-refractivity contribution in [3.63, 3.8) is 0 Å². The Labute approximate surface area is 352 Å². The van der Waals surface area contributed by atoms with Crippen LogP contribution in [0.25, 0.3) is 0 Å². The predicted octanol–water partition coefficient (Wildman–Crippen LogP) is 5.58. The SMILES string of the molecule is COC(=O)N[C@H](C(=O)NCCCCC1=NCC(c2ccc3c(c2)Oc2ccc(C4CN=C([C@@H]5CCCN5C(=O)[C@@H](NC(=O)OC)C5CCCC5)N4)cc2C3)N1)C1CCCC1. The summed E-state index contributed by atoms with van der Waals surface area (Å²) in [6, 6.07) is 11.6. The number of methoxy groups -OCH3 is 2. The van der Waals surface area contributed by atoms with E-state index in [2.05, 4.69) is 63.0 Å². The first-order valence-corrected chi connectivity index (χ1v) is 22.1. The number of carbonyl (C=O) groups is 4. The van der Waals surface area contributed by atoms with E-state index in [1.807, 2.05) is 4.90 Å². The summed E-state index contributed by atoms with van der Waals surface area (Å²) in [5, 5.41) is 15.9. The zero-order valence-corrected chi connectivity index (χ0v) is 34.9. The van der Waals surface area contributed by atoms with Gasteiger partial charge in [0.15, 0.2) is 0 Å². The third-order valence-corrected chi connectivity index (χ3v) is 13.4. The van der Waals surface area contributed by atoms with Crippen LogP contribution < -0.4 is 31.3 Å². The average molecular weight is 825 g/mol. The zero-order chi connectivity index (χ0) is 41.6. The standard InChI is InChI=1S/C45H60N8O7/c1-58-44(56)51-39(27-10-3-4-11-27)42(54)46-20-8-7-15-38-47-25-33(49-38)30-16-17-31-23-32-22-29(18-19-36(32)60-37(31)24-30)34-26-48-41(50-34)35-14-9-21-53(35)43(55)40(52-45(57)59-2)28-12-5-6-13-28/h16-19,22,24,27-28,33-35,39-40H,3-15,20-21,23,25-26H2,1-2H3,(H,46,54)(H,47,49)(H,48,50)(H,51,56)(H,52,57)/t33?,34?,35-,39-,40-/m0/s1. The van der Waals surface area contributed by atoms with Gasteiger partial charge in [0.05, 0.1) is 51.3 Å². The minimum absolute atomic E-state index is 0.00360. The lowest BCUT2D eigenvalue weighted by Gasteiger charge is -2.32. The molecule has 2 unspecified atom stereocenters. The minimum atomic E-state index is -0.581. The van der Waals surface area contributed by atoms with Crippen molar-refractivity contribution in [2.75, 3.05) is 40.4 Å². The summed E-state index contributed by atoms with van der Waals surface area (Å²) in [7, 11) is 2.65. The molecule has 4 aliphatic heterocycles. The van der Waals surface area contributed by atoms with Crippen LogP contribution >= 0.6 is 0 Å². The average Bonchev–Trinajstić information content (AvgIpc) is 4.13. The lowest BCUT2D eigenvalue weighted by Crippen LogP contribution is -2.55. The molecule has 0 aromatic heterocycles. The summed E-state index contributed by atoms with van der Waals surface area (Å²) in [6.07, 6.45) is 11.9. The van der Waals surface area contributed by atoms with Crippen molar-refractivity contribution in [2.24, 2.45) is 21.8 Å². The summed E-state index contributed by atoms with van der Waals surface area (Å²) in [6.45, 7) is 2.43. The van der Waals surface area contributed by atoms with E-state index in [0.29, 0.717) is 26.2 Å². The summed E-state index contributed by atoms with van der Waals surface area (Å²) in [5.41, 5.74) is 4.53. The number of unbranched alkanes of at least 4 members (excludes halogenated alkanes) is 1. The maximum absolute atomic E-state index is 14.0. The van der Waals surface area contributed by atoms with Gasteiger partial charge in [-0.15, -0.1) is 0 Å². The third-order valence-electron chi connectivity index (χ3n) is 13.4. The number of carbonyl (C=O) groups excluding carboxylic acids is 4. The first kappa shape index (κ1) is 41.4. The number of rotatable bonds is 14. The predicted molar refractivity (Wildman–Crippen MR) is 226 cm³/mol. The molecule has 15 nitrogen and oxygen atoms in total. The highest BCUT2D eigenvalue weighted by molar-refractivity contribution is 5.95. The van der Waals surface area contributed by atoms with Gasteiger partial charge in [-0.1, -0.05) is 43.9 Å². The largest absolute Gasteiger partial charge is 0.457 e. The van der Waals surface area contributed by atoms with Gasteiger partial charge in [-0.3, -0.25) is 19.6 Å². The smallest absolute Gasteiger partial charge is 0.407 e. The van der Waals surface area contributed by atoms with Crippen LogP contribution in [0.5, 0.6) is 11.5 Å². The summed E-state index contributed by atoms with van der Waals surface area (Å²) < 4.78 is 16.1. The summed E-state index contributed by atoms with van der Waals surface area (Å²) in [4.78, 5) is 62.6. The van der Waals surface area contributed by atoms with Crippen molar-refractivity contribution < 1.29 is 33.4 Å². The number of nitrogens with zero attached hydrogens (tertiary/aromatic N) is 3. The molecule has 3 fully saturated rings. The van der Waals surface area contributed by atoms with E-state index in [9.17, 15) is 19.2 Å². The third kappa shape index (κ3) is 9.34. The van der Waals surface area contributed by atoms with Crippen LogP contribution in [0.4, 0.5) is 9.59 Å². The highest BCUT2D eigenvalue weighted by Gasteiger charge is 2.42. The van der Waals surface area contributed by atoms with Crippen LogP contribution in [-0.4, -0.2) is 99.1 Å². The highest BCUT2D eigenvalue weighted by Crippen LogP contribution is 2.40. The van der Waals surface area contributed by atoms with Crippen LogP contribution in [-0.2, 0) is 25.5 Å². The Morgan fingerprint density at radius 2 is 1.43 bits per heavy atom. The first-order valence-electron chi connectivity index (χ1n) is 22.1. The highest BCUT2D eigenvalue weighted by atomic mass is 16.5. The molecule has 60 heavy (non-hydrogen) atoms. The number of likely N-dealkylation sites (tertiary alicyclic amines) is 1. The molecule has 6 aliphatic rings. The Hall–Kier alpha value is -5.34. The van der Waals surface area contributed by atoms with Gasteiger partial charge in [-0.2, -0.15) is 0 Å². The van der Waals surface area contributed by atoms with E-state index < -0.39 is 24.3 Å². The number of amidine groups is 2. The first-order chi connectivity index (χ1) is 29.3. The molecule has 4 amide bonds. The number of benzene rings is 2. The molecule has 1 saturated heterocycles. The number of ether oxygens (including phenoxy) is 3. The van der Waals surface area contributed by atoms with Gasteiger partial charge in [0.25, 0.3) is 0 Å². The second-order valence-corrected chi connectivity index (χ2v) is 17.2. The van der Waals surface area contributed by atoms with Crippen molar-refractivity contribution >= 4 is 35.7 Å². The van der Waals surface area contributed by atoms with Crippen LogP contribution in [0, 0.1) is 11.8 Å². The quantitative estimate of drug-likeness (QED) is 0.130. The van der Waals surface area contributed by atoms with Crippen LogP contribution in [0.3, 0.4) is 0 Å². The minimum Gasteiger partial charge on any atom is -0.457 e. The van der Waals surface area contributed by atoms with Crippen molar-refractivity contribution in [1.82, 2.24) is 31.5 Å². The molecule has 2 aliphatic carbocycles. The van der Waals surface area contributed by atoms with Crippen molar-refractivity contribution in [3.8, 4) is 11.5 Å². The van der Waals surface area contributed by atoms with Gasteiger partial charge in [0.2, 0.25) is 11.8 Å². The van der Waals surface area contributed by atoms with Gasteiger partial charge in [-0.25, -0.2) is 9.59 Å². The molecule has 322 valence electrons. The molecule has 5 N–H and O–H groups in total. The van der Waals surface area contributed by atoms with Crippen molar-refractivity contribution in [1.29, 1.82) is 0 Å². The van der Waals surface area contributed by atoms with Crippen LogP contribution in [0.1, 0.15) is 118 Å².